The molecule has 0 saturated carbocycles. The highest BCUT2D eigenvalue weighted by atomic mass is 35.5. The molecule has 1 aromatic carbocycles. The van der Waals surface area contributed by atoms with Gasteiger partial charge in [-0.25, -0.2) is 0 Å². The van der Waals surface area contributed by atoms with Gasteiger partial charge in [0.25, 0.3) is 0 Å². The van der Waals surface area contributed by atoms with Crippen molar-refractivity contribution in [2.75, 3.05) is 19.8 Å². The summed E-state index contributed by atoms with van der Waals surface area (Å²) in [6.45, 7) is 1.25. The van der Waals surface area contributed by atoms with Crippen LogP contribution in [0, 0.1) is 0 Å². The number of benzene rings is 1. The summed E-state index contributed by atoms with van der Waals surface area (Å²) >= 11 is 11.8. The van der Waals surface area contributed by atoms with Gasteiger partial charge in [-0.3, -0.25) is 4.79 Å². The second kappa shape index (κ2) is 7.27. The average molecular weight is 330 g/mol. The summed E-state index contributed by atoms with van der Waals surface area (Å²) in [5.74, 6) is -0.277. The van der Waals surface area contributed by atoms with Crippen LogP contribution >= 0.6 is 23.2 Å². The molecule has 1 heterocycles. The highest BCUT2D eigenvalue weighted by Crippen LogP contribution is 2.22. The molecule has 1 aromatic rings. The molecule has 1 fully saturated rings. The highest BCUT2D eigenvalue weighted by molar-refractivity contribution is 6.35. The molecule has 6 heteroatoms. The maximum absolute atomic E-state index is 11.8. The molecule has 2 rings (SSSR count). The van der Waals surface area contributed by atoms with Gasteiger partial charge in [-0.1, -0.05) is 29.3 Å². The van der Waals surface area contributed by atoms with Gasteiger partial charge in [-0.05, 0) is 23.8 Å². The van der Waals surface area contributed by atoms with Gasteiger partial charge < -0.3 is 15.2 Å². The molecule has 1 aliphatic rings. The fourth-order valence-corrected chi connectivity index (χ4v) is 2.51. The molecule has 4 nitrogen and oxygen atoms in total. The lowest BCUT2D eigenvalue weighted by molar-refractivity contribution is -0.119. The number of nitrogens with one attached hydrogen (secondary N) is 1. The van der Waals surface area contributed by atoms with Crippen LogP contribution in [0.25, 0.3) is 6.08 Å². The predicted molar refractivity (Wildman–Crippen MR) is 83.5 cm³/mol. The summed E-state index contributed by atoms with van der Waals surface area (Å²) < 4.78 is 5.19. The molecular formula is C15H17Cl2NO3. The molecule has 0 spiro atoms. The van der Waals surface area contributed by atoms with Crippen LogP contribution in [0.5, 0.6) is 0 Å². The van der Waals surface area contributed by atoms with Gasteiger partial charge in [0.1, 0.15) is 0 Å². The summed E-state index contributed by atoms with van der Waals surface area (Å²) in [6, 6.07) is 5.06. The van der Waals surface area contributed by atoms with Gasteiger partial charge in [-0.2, -0.15) is 0 Å². The number of hydrogen-bond donors (Lipinski definition) is 2. The zero-order valence-electron chi connectivity index (χ0n) is 11.4. The van der Waals surface area contributed by atoms with Gasteiger partial charge in [-0.15, -0.1) is 0 Å². The van der Waals surface area contributed by atoms with Crippen LogP contribution in [0.15, 0.2) is 24.3 Å². The lowest BCUT2D eigenvalue weighted by atomic mass is 9.94. The van der Waals surface area contributed by atoms with E-state index in [0.717, 1.165) is 0 Å². The van der Waals surface area contributed by atoms with Crippen molar-refractivity contribution in [2.24, 2.45) is 0 Å². The summed E-state index contributed by atoms with van der Waals surface area (Å²) in [5, 5.41) is 13.9. The first-order valence-corrected chi connectivity index (χ1v) is 7.45. The lowest BCUT2D eigenvalue weighted by Crippen LogP contribution is -2.46. The van der Waals surface area contributed by atoms with E-state index in [-0.39, 0.29) is 12.5 Å². The molecule has 0 radical (unpaired) electrons. The van der Waals surface area contributed by atoms with Crippen LogP contribution in [0.3, 0.4) is 0 Å². The Balaban J connectivity index is 1.87. The largest absolute Gasteiger partial charge is 0.388 e. The van der Waals surface area contributed by atoms with E-state index in [9.17, 15) is 9.90 Å². The Morgan fingerprint density at radius 3 is 2.76 bits per heavy atom. The van der Waals surface area contributed by atoms with Crippen molar-refractivity contribution in [3.63, 3.8) is 0 Å². The Morgan fingerprint density at radius 1 is 1.38 bits per heavy atom. The number of amides is 1. The molecule has 21 heavy (non-hydrogen) atoms. The van der Waals surface area contributed by atoms with E-state index in [4.69, 9.17) is 27.9 Å². The van der Waals surface area contributed by atoms with Crippen molar-refractivity contribution in [3.8, 4) is 0 Å². The summed E-state index contributed by atoms with van der Waals surface area (Å²) in [5.41, 5.74) is -0.166. The third-order valence-corrected chi connectivity index (χ3v) is 3.95. The zero-order chi connectivity index (χ0) is 15.3. The van der Waals surface area contributed by atoms with E-state index in [0.29, 0.717) is 41.7 Å². The van der Waals surface area contributed by atoms with E-state index in [2.05, 4.69) is 5.32 Å². The van der Waals surface area contributed by atoms with E-state index in [1.807, 2.05) is 0 Å². The van der Waals surface area contributed by atoms with Gasteiger partial charge >= 0.3 is 0 Å². The first-order chi connectivity index (χ1) is 9.98. The molecule has 1 saturated heterocycles. The molecule has 0 bridgehead atoms. The van der Waals surface area contributed by atoms with Crippen LogP contribution in [0.2, 0.25) is 10.0 Å². The van der Waals surface area contributed by atoms with Crippen LogP contribution in [0.4, 0.5) is 0 Å². The van der Waals surface area contributed by atoms with Crippen molar-refractivity contribution in [1.29, 1.82) is 0 Å². The fraction of sp³-hybridized carbons (Fsp3) is 0.400. The maximum atomic E-state index is 11.8. The molecule has 114 valence electrons. The fourth-order valence-electron chi connectivity index (χ4n) is 2.04. The number of ether oxygens (including phenoxy) is 1. The Hall–Kier alpha value is -1.07. The Kier molecular flexibility index (Phi) is 5.65. The minimum Gasteiger partial charge on any atom is -0.388 e. The third-order valence-electron chi connectivity index (χ3n) is 3.39. The minimum absolute atomic E-state index is 0.216. The van der Waals surface area contributed by atoms with E-state index >= 15 is 0 Å². The van der Waals surface area contributed by atoms with Crippen LogP contribution in [0.1, 0.15) is 18.4 Å². The first-order valence-electron chi connectivity index (χ1n) is 6.70. The Morgan fingerprint density at radius 2 is 2.10 bits per heavy atom. The van der Waals surface area contributed by atoms with E-state index in [1.54, 1.807) is 24.3 Å². The molecular weight excluding hydrogens is 313 g/mol. The van der Waals surface area contributed by atoms with E-state index < -0.39 is 5.60 Å². The monoisotopic (exact) mass is 329 g/mol. The molecule has 1 aliphatic heterocycles. The topological polar surface area (TPSA) is 58.6 Å². The molecule has 0 unspecified atom stereocenters. The second-order valence-electron chi connectivity index (χ2n) is 5.05. The summed E-state index contributed by atoms with van der Waals surface area (Å²) in [7, 11) is 0. The number of carbonyl (C=O) groups is 1. The lowest BCUT2D eigenvalue weighted by Gasteiger charge is -2.31. The highest BCUT2D eigenvalue weighted by Gasteiger charge is 2.29. The van der Waals surface area contributed by atoms with Crippen molar-refractivity contribution < 1.29 is 14.6 Å². The quantitative estimate of drug-likeness (QED) is 0.835. The number of hydrogen-bond acceptors (Lipinski definition) is 3. The third kappa shape index (κ3) is 5.00. The van der Waals surface area contributed by atoms with Crippen molar-refractivity contribution >= 4 is 35.2 Å². The molecule has 0 aliphatic carbocycles. The standard InChI is InChI=1S/C15H17Cl2NO3/c16-12-3-1-11(13(17)9-12)2-4-14(19)18-10-15(20)5-7-21-8-6-15/h1-4,9,20H,5-8,10H2,(H,18,19)/b4-2+. The van der Waals surface area contributed by atoms with Crippen molar-refractivity contribution in [3.05, 3.63) is 39.9 Å². The molecule has 0 atom stereocenters. The van der Waals surface area contributed by atoms with Crippen molar-refractivity contribution in [1.82, 2.24) is 5.32 Å². The Labute approximate surface area is 133 Å². The number of halogens is 2. The second-order valence-corrected chi connectivity index (χ2v) is 5.90. The molecule has 0 aromatic heterocycles. The smallest absolute Gasteiger partial charge is 0.244 e. The SMILES string of the molecule is O=C(/C=C/c1ccc(Cl)cc1Cl)NCC1(O)CCOCC1. The number of rotatable bonds is 4. The summed E-state index contributed by atoms with van der Waals surface area (Å²) in [4.78, 5) is 11.8. The van der Waals surface area contributed by atoms with E-state index in [1.165, 1.54) is 6.08 Å². The summed E-state index contributed by atoms with van der Waals surface area (Å²) in [6.07, 6.45) is 4.06. The molecule has 2 N–H and O–H groups in total. The minimum atomic E-state index is -0.875. The van der Waals surface area contributed by atoms with Crippen LogP contribution in [-0.2, 0) is 9.53 Å². The van der Waals surface area contributed by atoms with Gasteiger partial charge in [0.05, 0.1) is 5.60 Å². The Bertz CT molecular complexity index is 540. The van der Waals surface area contributed by atoms with Crippen molar-refractivity contribution in [2.45, 2.75) is 18.4 Å². The number of carbonyl (C=O) groups excluding carboxylic acids is 1. The average Bonchev–Trinajstić information content (AvgIpc) is 2.45. The van der Waals surface area contributed by atoms with Gasteiger partial charge in [0, 0.05) is 48.7 Å². The van der Waals surface area contributed by atoms with Crippen LogP contribution < -0.4 is 5.32 Å². The number of aliphatic hydroxyl groups is 1. The van der Waals surface area contributed by atoms with Gasteiger partial charge in [0.15, 0.2) is 0 Å². The van der Waals surface area contributed by atoms with Gasteiger partial charge in [0.2, 0.25) is 5.91 Å². The zero-order valence-corrected chi connectivity index (χ0v) is 13.0. The molecule has 1 amide bonds. The van der Waals surface area contributed by atoms with Crippen LogP contribution in [-0.4, -0.2) is 36.4 Å². The normalized spacial score (nSPS) is 17.9. The predicted octanol–water partition coefficient (Wildman–Crippen LogP) is 2.66. The maximum Gasteiger partial charge on any atom is 0.244 e. The first kappa shape index (κ1) is 16.3.